The lowest BCUT2D eigenvalue weighted by Gasteiger charge is -2.13. The zero-order valence-corrected chi connectivity index (χ0v) is 14.9. The standard InChI is InChI=1S/C19H21N3O2S/c1-2-11-22-18(23)16-14-7-3-4-8-15(14)25-17(16)21-19(22)20-10-9-13-6-5-12-24-13/h2,5-6,12H,1,3-4,7-11H2,(H,20,21). The van der Waals surface area contributed by atoms with Crippen LogP contribution in [0.5, 0.6) is 0 Å². The third-order valence-electron chi connectivity index (χ3n) is 4.62. The molecule has 5 nitrogen and oxygen atoms in total. The number of fused-ring (bicyclic) bond motifs is 3. The van der Waals surface area contributed by atoms with Crippen LogP contribution in [0.3, 0.4) is 0 Å². The maximum absolute atomic E-state index is 13.1. The molecule has 1 aliphatic rings. The molecule has 4 rings (SSSR count). The van der Waals surface area contributed by atoms with E-state index in [9.17, 15) is 4.79 Å². The smallest absolute Gasteiger partial charge is 0.264 e. The number of rotatable bonds is 6. The number of aromatic nitrogens is 2. The van der Waals surface area contributed by atoms with Crippen LogP contribution in [-0.2, 0) is 25.8 Å². The van der Waals surface area contributed by atoms with Crippen LogP contribution in [0.15, 0.2) is 40.3 Å². The Morgan fingerprint density at radius 3 is 3.08 bits per heavy atom. The molecule has 6 heteroatoms. The van der Waals surface area contributed by atoms with Gasteiger partial charge in [0.25, 0.3) is 5.56 Å². The molecular formula is C19H21N3O2S. The molecule has 0 aliphatic heterocycles. The molecule has 0 saturated heterocycles. The monoisotopic (exact) mass is 355 g/mol. The summed E-state index contributed by atoms with van der Waals surface area (Å²) in [5.74, 6) is 1.53. The summed E-state index contributed by atoms with van der Waals surface area (Å²) in [7, 11) is 0. The number of thiophene rings is 1. The van der Waals surface area contributed by atoms with Gasteiger partial charge in [0.15, 0.2) is 0 Å². The molecule has 0 unspecified atom stereocenters. The molecular weight excluding hydrogens is 334 g/mol. The molecule has 0 amide bonds. The van der Waals surface area contributed by atoms with E-state index in [1.807, 2.05) is 12.1 Å². The van der Waals surface area contributed by atoms with Crippen molar-refractivity contribution in [3.8, 4) is 0 Å². The lowest BCUT2D eigenvalue weighted by atomic mass is 9.97. The SMILES string of the molecule is C=CCn1c(NCCc2ccco2)nc2sc3c(c2c1=O)CCCC3. The maximum atomic E-state index is 13.1. The van der Waals surface area contributed by atoms with E-state index >= 15 is 0 Å². The Hall–Kier alpha value is -2.34. The first-order chi connectivity index (χ1) is 12.3. The van der Waals surface area contributed by atoms with Crippen molar-refractivity contribution >= 4 is 27.5 Å². The summed E-state index contributed by atoms with van der Waals surface area (Å²) in [6.07, 6.45) is 8.58. The van der Waals surface area contributed by atoms with Crippen molar-refractivity contribution in [2.45, 2.75) is 38.6 Å². The Bertz CT molecular complexity index is 953. The van der Waals surface area contributed by atoms with Crippen LogP contribution in [0, 0.1) is 0 Å². The minimum Gasteiger partial charge on any atom is -0.469 e. The maximum Gasteiger partial charge on any atom is 0.264 e. The van der Waals surface area contributed by atoms with Gasteiger partial charge in [0, 0.05) is 24.4 Å². The van der Waals surface area contributed by atoms with Crippen LogP contribution in [0.25, 0.3) is 10.2 Å². The fourth-order valence-corrected chi connectivity index (χ4v) is 4.68. The van der Waals surface area contributed by atoms with Gasteiger partial charge < -0.3 is 9.73 Å². The molecule has 0 spiro atoms. The van der Waals surface area contributed by atoms with Gasteiger partial charge in [0.1, 0.15) is 10.6 Å². The zero-order chi connectivity index (χ0) is 17.2. The lowest BCUT2D eigenvalue weighted by molar-refractivity contribution is 0.512. The fraction of sp³-hybridized carbons (Fsp3) is 0.368. The number of furan rings is 1. The van der Waals surface area contributed by atoms with Crippen molar-refractivity contribution in [2.75, 3.05) is 11.9 Å². The normalized spacial score (nSPS) is 13.8. The first-order valence-corrected chi connectivity index (χ1v) is 9.52. The lowest BCUT2D eigenvalue weighted by Crippen LogP contribution is -2.25. The number of nitrogens with one attached hydrogen (secondary N) is 1. The Kier molecular flexibility index (Phi) is 4.44. The highest BCUT2D eigenvalue weighted by Gasteiger charge is 2.21. The van der Waals surface area contributed by atoms with E-state index < -0.39 is 0 Å². The second-order valence-corrected chi connectivity index (χ2v) is 7.37. The van der Waals surface area contributed by atoms with Crippen LogP contribution in [-0.4, -0.2) is 16.1 Å². The molecule has 130 valence electrons. The number of anilines is 1. The van der Waals surface area contributed by atoms with E-state index in [0.29, 0.717) is 19.0 Å². The Morgan fingerprint density at radius 1 is 1.40 bits per heavy atom. The number of hydrogen-bond donors (Lipinski definition) is 1. The highest BCUT2D eigenvalue weighted by molar-refractivity contribution is 7.18. The summed E-state index contributed by atoms with van der Waals surface area (Å²) in [6, 6.07) is 3.83. The second-order valence-electron chi connectivity index (χ2n) is 6.29. The molecule has 3 heterocycles. The molecule has 0 fully saturated rings. The summed E-state index contributed by atoms with van der Waals surface area (Å²) in [5.41, 5.74) is 1.27. The topological polar surface area (TPSA) is 60.1 Å². The van der Waals surface area contributed by atoms with Crippen molar-refractivity contribution < 1.29 is 4.42 Å². The average Bonchev–Trinajstić information content (AvgIpc) is 3.25. The summed E-state index contributed by atoms with van der Waals surface area (Å²) >= 11 is 1.68. The fourth-order valence-electron chi connectivity index (χ4n) is 3.42. The van der Waals surface area contributed by atoms with E-state index in [0.717, 1.165) is 41.7 Å². The minimum atomic E-state index is 0.0461. The van der Waals surface area contributed by atoms with Crippen LogP contribution >= 0.6 is 11.3 Å². The van der Waals surface area contributed by atoms with Crippen LogP contribution in [0.2, 0.25) is 0 Å². The average molecular weight is 355 g/mol. The van der Waals surface area contributed by atoms with Crippen LogP contribution in [0.1, 0.15) is 29.0 Å². The van der Waals surface area contributed by atoms with Gasteiger partial charge in [-0.3, -0.25) is 9.36 Å². The van der Waals surface area contributed by atoms with E-state index in [-0.39, 0.29) is 5.56 Å². The Morgan fingerprint density at radius 2 is 2.28 bits per heavy atom. The molecule has 3 aromatic heterocycles. The van der Waals surface area contributed by atoms with Crippen LogP contribution < -0.4 is 10.9 Å². The van der Waals surface area contributed by atoms with E-state index in [1.54, 1.807) is 28.2 Å². The first kappa shape index (κ1) is 16.1. The minimum absolute atomic E-state index is 0.0461. The zero-order valence-electron chi connectivity index (χ0n) is 14.1. The van der Waals surface area contributed by atoms with Crippen molar-refractivity contribution in [3.05, 3.63) is 57.6 Å². The van der Waals surface area contributed by atoms with Gasteiger partial charge in [-0.05, 0) is 43.4 Å². The van der Waals surface area contributed by atoms with E-state index in [2.05, 4.69) is 11.9 Å². The number of allylic oxidation sites excluding steroid dienone is 1. The van der Waals surface area contributed by atoms with Gasteiger partial charge in [-0.15, -0.1) is 17.9 Å². The number of nitrogens with zero attached hydrogens (tertiary/aromatic N) is 2. The van der Waals surface area contributed by atoms with Crippen molar-refractivity contribution in [2.24, 2.45) is 0 Å². The summed E-state index contributed by atoms with van der Waals surface area (Å²) < 4.78 is 7.05. The van der Waals surface area contributed by atoms with Gasteiger partial charge >= 0.3 is 0 Å². The molecule has 0 bridgehead atoms. The summed E-state index contributed by atoms with van der Waals surface area (Å²) in [4.78, 5) is 20.1. The van der Waals surface area contributed by atoms with Gasteiger partial charge in [0.05, 0.1) is 11.6 Å². The highest BCUT2D eigenvalue weighted by atomic mass is 32.1. The van der Waals surface area contributed by atoms with Gasteiger partial charge in [-0.25, -0.2) is 4.98 Å². The quantitative estimate of drug-likeness (QED) is 0.684. The molecule has 1 aliphatic carbocycles. The molecule has 0 saturated carbocycles. The third kappa shape index (κ3) is 3.02. The predicted molar refractivity (Wildman–Crippen MR) is 102 cm³/mol. The van der Waals surface area contributed by atoms with Gasteiger partial charge in [-0.2, -0.15) is 0 Å². The largest absolute Gasteiger partial charge is 0.469 e. The molecule has 3 aromatic rings. The first-order valence-electron chi connectivity index (χ1n) is 8.70. The molecule has 25 heavy (non-hydrogen) atoms. The number of aryl methyl sites for hydroxylation is 2. The predicted octanol–water partition coefficient (Wildman–Crippen LogP) is 3.77. The molecule has 0 radical (unpaired) electrons. The second kappa shape index (κ2) is 6.88. The van der Waals surface area contributed by atoms with E-state index in [4.69, 9.17) is 9.40 Å². The Balaban J connectivity index is 1.70. The molecule has 1 N–H and O–H groups in total. The summed E-state index contributed by atoms with van der Waals surface area (Å²) in [6.45, 7) is 4.90. The molecule has 0 atom stereocenters. The van der Waals surface area contributed by atoms with Crippen molar-refractivity contribution in [1.29, 1.82) is 0 Å². The van der Waals surface area contributed by atoms with Crippen LogP contribution in [0.4, 0.5) is 5.95 Å². The van der Waals surface area contributed by atoms with Crippen molar-refractivity contribution in [3.63, 3.8) is 0 Å². The van der Waals surface area contributed by atoms with Crippen molar-refractivity contribution in [1.82, 2.24) is 9.55 Å². The third-order valence-corrected chi connectivity index (χ3v) is 5.81. The van der Waals surface area contributed by atoms with E-state index in [1.165, 1.54) is 16.9 Å². The molecule has 0 aromatic carbocycles. The number of hydrogen-bond acceptors (Lipinski definition) is 5. The van der Waals surface area contributed by atoms with Gasteiger partial charge in [-0.1, -0.05) is 6.08 Å². The summed E-state index contributed by atoms with van der Waals surface area (Å²) in [5, 5.41) is 4.12. The Labute approximate surface area is 150 Å². The van der Waals surface area contributed by atoms with Gasteiger partial charge in [0.2, 0.25) is 5.95 Å². The highest BCUT2D eigenvalue weighted by Crippen LogP contribution is 2.34.